The fourth-order valence-corrected chi connectivity index (χ4v) is 6.73. The van der Waals surface area contributed by atoms with Gasteiger partial charge in [0.2, 0.25) is 5.36 Å². The van der Waals surface area contributed by atoms with Gasteiger partial charge in [0.1, 0.15) is 25.4 Å². The zero-order chi connectivity index (χ0) is 27.6. The Balaban J connectivity index is 1.87. The maximum absolute atomic E-state index is 12.6. The van der Waals surface area contributed by atoms with Crippen LogP contribution in [0.1, 0.15) is 51.1 Å². The monoisotopic (exact) mass is 565 g/mol. The number of carbonyl (C=O) groups is 2. The Kier molecular flexibility index (Phi) is 6.31. The summed E-state index contributed by atoms with van der Waals surface area (Å²) in [6.45, 7) is 1.98. The number of hydrogen-bond donors (Lipinski definition) is 2. The molecule has 0 spiro atoms. The van der Waals surface area contributed by atoms with Crippen molar-refractivity contribution in [2.45, 2.75) is 32.1 Å². The molecule has 0 saturated heterocycles. The van der Waals surface area contributed by atoms with E-state index in [0.717, 1.165) is 62.2 Å². The minimum atomic E-state index is -1.29. The first-order valence-corrected chi connectivity index (χ1v) is 13.7. The van der Waals surface area contributed by atoms with Crippen molar-refractivity contribution in [2.24, 2.45) is 0 Å². The summed E-state index contributed by atoms with van der Waals surface area (Å²) in [5.74, 6) is -2.03. The van der Waals surface area contributed by atoms with Gasteiger partial charge in [0, 0.05) is 52.5 Å². The van der Waals surface area contributed by atoms with Crippen LogP contribution in [-0.4, -0.2) is 49.3 Å². The Labute approximate surface area is 234 Å². The third kappa shape index (κ3) is 4.07. The molecule has 4 aliphatic rings. The number of fused-ring (bicyclic) bond motifs is 3. The van der Waals surface area contributed by atoms with Crippen LogP contribution in [0.2, 0.25) is 10.0 Å². The lowest BCUT2D eigenvalue weighted by Crippen LogP contribution is -2.30. The molecule has 0 fully saturated rings. The van der Waals surface area contributed by atoms with Gasteiger partial charge < -0.3 is 19.5 Å². The van der Waals surface area contributed by atoms with Crippen molar-refractivity contribution in [1.82, 2.24) is 4.58 Å². The SMILES string of the molecule is C[N+](C)=c1ccc2c(-c3c(Cl)c(C(=O)O)cc(Cl)c3C(=O)O)c3cc4c5c(c3oc-2c1)CCCN5CCCC4. The molecule has 6 rings (SSSR count). The standard InChI is InChI=1S/C30H26Cl2N2O5/c1-33(2)16-8-9-17-22(13-16)39-28-18-7-5-11-34-10-4-3-6-15(27(18)34)12-19(28)23(17)25-24(30(37)38)21(31)14-20(26(25)32)29(35)36/h8-9,12-14H,3-7,10-11H2,1-2H3,(H-,35,36,37,38)/p+1. The van der Waals surface area contributed by atoms with Crippen LogP contribution in [0.5, 0.6) is 0 Å². The van der Waals surface area contributed by atoms with Crippen molar-refractivity contribution in [1.29, 1.82) is 0 Å². The summed E-state index contributed by atoms with van der Waals surface area (Å²) < 4.78 is 8.62. The Morgan fingerprint density at radius 2 is 1.72 bits per heavy atom. The maximum atomic E-state index is 12.6. The van der Waals surface area contributed by atoms with Gasteiger partial charge in [-0.05, 0) is 55.9 Å². The summed E-state index contributed by atoms with van der Waals surface area (Å²) in [5, 5.41) is 21.4. The highest BCUT2D eigenvalue weighted by molar-refractivity contribution is 6.41. The van der Waals surface area contributed by atoms with Crippen LogP contribution in [0.25, 0.3) is 33.4 Å². The average molecular weight is 566 g/mol. The van der Waals surface area contributed by atoms with Crippen molar-refractivity contribution in [3.8, 4) is 22.5 Å². The molecular weight excluding hydrogens is 539 g/mol. The van der Waals surface area contributed by atoms with Gasteiger partial charge >= 0.3 is 11.9 Å². The molecule has 0 unspecified atom stereocenters. The van der Waals surface area contributed by atoms with Crippen molar-refractivity contribution in [3.63, 3.8) is 0 Å². The Morgan fingerprint density at radius 3 is 2.44 bits per heavy atom. The van der Waals surface area contributed by atoms with E-state index in [4.69, 9.17) is 27.6 Å². The van der Waals surface area contributed by atoms with E-state index in [-0.39, 0.29) is 26.7 Å². The molecule has 3 aliphatic heterocycles. The van der Waals surface area contributed by atoms with Gasteiger partial charge in [-0.15, -0.1) is 0 Å². The summed E-state index contributed by atoms with van der Waals surface area (Å²) in [7, 11) is 3.86. The second kappa shape index (κ2) is 9.57. The number of benzene rings is 3. The molecule has 0 radical (unpaired) electrons. The van der Waals surface area contributed by atoms with E-state index in [1.54, 1.807) is 0 Å². The summed E-state index contributed by atoms with van der Waals surface area (Å²) in [5.41, 5.74) is 4.92. The normalized spacial score (nSPS) is 14.8. The fourth-order valence-electron chi connectivity index (χ4n) is 6.12. The largest absolute Gasteiger partial charge is 0.478 e. The molecular formula is C30H27Cl2N2O5+. The smallest absolute Gasteiger partial charge is 0.337 e. The molecule has 1 aliphatic carbocycles. The van der Waals surface area contributed by atoms with E-state index in [2.05, 4.69) is 11.0 Å². The molecule has 200 valence electrons. The molecule has 0 atom stereocenters. The predicted octanol–water partition coefficient (Wildman–Crippen LogP) is 6.03. The first kappa shape index (κ1) is 25.7. The van der Waals surface area contributed by atoms with Crippen molar-refractivity contribution < 1.29 is 24.2 Å². The quantitative estimate of drug-likeness (QED) is 0.233. The highest BCUT2D eigenvalue weighted by Crippen LogP contribution is 2.50. The molecule has 0 amide bonds. The minimum absolute atomic E-state index is 0.0888. The third-order valence-corrected chi connectivity index (χ3v) is 8.56. The van der Waals surface area contributed by atoms with Gasteiger partial charge in [-0.2, -0.15) is 0 Å². The molecule has 7 nitrogen and oxygen atoms in total. The van der Waals surface area contributed by atoms with Crippen molar-refractivity contribution >= 4 is 51.8 Å². The number of carboxylic acid groups (broad SMARTS) is 2. The number of anilines is 1. The summed E-state index contributed by atoms with van der Waals surface area (Å²) in [6.07, 6.45) is 4.83. The molecule has 2 aromatic carbocycles. The van der Waals surface area contributed by atoms with Crippen molar-refractivity contribution in [2.75, 3.05) is 32.1 Å². The zero-order valence-electron chi connectivity index (χ0n) is 21.6. The van der Waals surface area contributed by atoms with Gasteiger partial charge in [0.25, 0.3) is 0 Å². The number of hydrogen-bond acceptors (Lipinski definition) is 4. The molecule has 2 aromatic rings. The number of carboxylic acids is 2. The molecule has 2 N–H and O–H groups in total. The zero-order valence-corrected chi connectivity index (χ0v) is 23.1. The number of halogens is 2. The van der Waals surface area contributed by atoms with E-state index in [1.807, 2.05) is 36.9 Å². The second-order valence-electron chi connectivity index (χ2n) is 10.4. The highest BCUT2D eigenvalue weighted by atomic mass is 35.5. The lowest BCUT2D eigenvalue weighted by Gasteiger charge is -2.33. The first-order chi connectivity index (χ1) is 18.7. The summed E-state index contributed by atoms with van der Waals surface area (Å²) in [6, 6.07) is 8.89. The molecule has 3 heterocycles. The minimum Gasteiger partial charge on any atom is -0.478 e. The number of aryl methyl sites for hydroxylation is 2. The van der Waals surface area contributed by atoms with Gasteiger partial charge in [0.15, 0.2) is 0 Å². The first-order valence-electron chi connectivity index (χ1n) is 13.0. The molecule has 9 heteroatoms. The Hall–Kier alpha value is -3.55. The third-order valence-electron chi connectivity index (χ3n) is 7.86. The van der Waals surface area contributed by atoms with Crippen LogP contribution in [0.4, 0.5) is 5.69 Å². The van der Waals surface area contributed by atoms with E-state index in [9.17, 15) is 19.8 Å². The van der Waals surface area contributed by atoms with Crippen molar-refractivity contribution in [3.05, 3.63) is 68.0 Å². The van der Waals surface area contributed by atoms with E-state index >= 15 is 0 Å². The average Bonchev–Trinajstić information content (AvgIpc) is 3.11. The van der Waals surface area contributed by atoms with Crippen LogP contribution in [0.3, 0.4) is 0 Å². The Morgan fingerprint density at radius 1 is 0.949 bits per heavy atom. The highest BCUT2D eigenvalue weighted by Gasteiger charge is 2.32. The van der Waals surface area contributed by atoms with E-state index in [0.29, 0.717) is 27.9 Å². The summed E-state index contributed by atoms with van der Waals surface area (Å²) in [4.78, 5) is 27.2. The van der Waals surface area contributed by atoms with Gasteiger partial charge in [-0.1, -0.05) is 23.2 Å². The van der Waals surface area contributed by atoms with Crippen LogP contribution < -0.4 is 14.8 Å². The van der Waals surface area contributed by atoms with Gasteiger partial charge in [-0.25, -0.2) is 14.2 Å². The van der Waals surface area contributed by atoms with Crippen LogP contribution in [0, 0.1) is 0 Å². The van der Waals surface area contributed by atoms with Gasteiger partial charge in [0.05, 0.1) is 27.2 Å². The lowest BCUT2D eigenvalue weighted by atomic mass is 9.86. The van der Waals surface area contributed by atoms with E-state index < -0.39 is 11.9 Å². The Bertz CT molecular complexity index is 1750. The second-order valence-corrected chi connectivity index (χ2v) is 11.2. The number of aromatic carboxylic acids is 2. The fraction of sp³-hybridized carbons (Fsp3) is 0.300. The van der Waals surface area contributed by atoms with Crippen LogP contribution >= 0.6 is 23.2 Å². The molecule has 0 bridgehead atoms. The number of nitrogens with zero attached hydrogens (tertiary/aromatic N) is 2. The van der Waals surface area contributed by atoms with Crippen LogP contribution in [-0.2, 0) is 12.8 Å². The molecule has 39 heavy (non-hydrogen) atoms. The van der Waals surface area contributed by atoms with E-state index in [1.165, 1.54) is 11.3 Å². The topological polar surface area (TPSA) is 94.0 Å². The lowest BCUT2D eigenvalue weighted by molar-refractivity contribution is 0.0682. The maximum Gasteiger partial charge on any atom is 0.337 e. The number of rotatable bonds is 3. The van der Waals surface area contributed by atoms with Crippen LogP contribution in [0.15, 0.2) is 34.7 Å². The van der Waals surface area contributed by atoms with Gasteiger partial charge in [-0.3, -0.25) is 0 Å². The summed E-state index contributed by atoms with van der Waals surface area (Å²) >= 11 is 13.2. The molecule has 0 aromatic heterocycles. The predicted molar refractivity (Wildman–Crippen MR) is 153 cm³/mol. The molecule has 0 saturated carbocycles.